The molecule has 0 saturated heterocycles. The fourth-order valence-corrected chi connectivity index (χ4v) is 2.02. The van der Waals surface area contributed by atoms with Gasteiger partial charge in [-0.1, -0.05) is 11.2 Å². The number of ether oxygens (including phenoxy) is 1. The molecule has 0 aliphatic rings. The molecule has 0 fully saturated rings. The first-order valence-electron chi connectivity index (χ1n) is 4.84. The number of thioether (sulfide) groups is 1. The largest absolute Gasteiger partial charge is 0.497 e. The van der Waals surface area contributed by atoms with E-state index < -0.39 is 0 Å². The molecule has 1 heterocycles. The minimum Gasteiger partial charge on any atom is -0.497 e. The zero-order valence-electron chi connectivity index (χ0n) is 9.14. The number of benzene rings is 1. The van der Waals surface area contributed by atoms with Gasteiger partial charge in [-0.3, -0.25) is 0 Å². The van der Waals surface area contributed by atoms with Crippen molar-refractivity contribution in [3.05, 3.63) is 36.0 Å². The summed E-state index contributed by atoms with van der Waals surface area (Å²) in [7, 11) is 1.66. The summed E-state index contributed by atoms with van der Waals surface area (Å²) < 4.78 is 10.2. The molecule has 4 nitrogen and oxygen atoms in total. The number of hydrogen-bond donors (Lipinski definition) is 0. The number of hydrogen-bond acceptors (Lipinski definition) is 5. The monoisotopic (exact) mass is 236 g/mol. The van der Waals surface area contributed by atoms with Gasteiger partial charge in [-0.15, -0.1) is 11.8 Å². The average Bonchev–Trinajstić information content (AvgIpc) is 2.73. The van der Waals surface area contributed by atoms with Gasteiger partial charge in [0.15, 0.2) is 5.82 Å². The first kappa shape index (κ1) is 11.0. The Balaban J connectivity index is 1.99. The van der Waals surface area contributed by atoms with Crippen molar-refractivity contribution in [2.45, 2.75) is 17.6 Å². The molecule has 5 heteroatoms. The Labute approximate surface area is 98.0 Å². The maximum Gasteiger partial charge on any atom is 0.236 e. The van der Waals surface area contributed by atoms with Crippen LogP contribution in [0.1, 0.15) is 11.7 Å². The van der Waals surface area contributed by atoms with Crippen LogP contribution in [-0.4, -0.2) is 17.3 Å². The lowest BCUT2D eigenvalue weighted by Gasteiger charge is -2.02. The van der Waals surface area contributed by atoms with Crippen LogP contribution >= 0.6 is 11.8 Å². The van der Waals surface area contributed by atoms with Crippen LogP contribution in [0.25, 0.3) is 0 Å². The van der Waals surface area contributed by atoms with E-state index in [0.717, 1.165) is 10.6 Å². The smallest absolute Gasteiger partial charge is 0.236 e. The predicted octanol–water partition coefficient (Wildman–Crippen LogP) is 2.68. The van der Waals surface area contributed by atoms with Crippen molar-refractivity contribution >= 4 is 11.8 Å². The molecular weight excluding hydrogens is 224 g/mol. The Morgan fingerprint density at radius 2 is 2.31 bits per heavy atom. The Bertz CT molecular complexity index is 471. The molecule has 1 aromatic carbocycles. The number of methoxy groups -OCH3 is 1. The van der Waals surface area contributed by atoms with Crippen molar-refractivity contribution in [2.75, 3.05) is 7.11 Å². The molecule has 0 saturated carbocycles. The fraction of sp³-hybridized carbons (Fsp3) is 0.273. The SMILES string of the molecule is COc1cccc(SCc2nc(C)no2)c1. The molecule has 0 unspecified atom stereocenters. The van der Waals surface area contributed by atoms with Crippen LogP contribution in [0.3, 0.4) is 0 Å². The van der Waals surface area contributed by atoms with Crippen molar-refractivity contribution in [3.63, 3.8) is 0 Å². The summed E-state index contributed by atoms with van der Waals surface area (Å²) in [6.07, 6.45) is 0. The van der Waals surface area contributed by atoms with Crippen molar-refractivity contribution in [1.82, 2.24) is 10.1 Å². The summed E-state index contributed by atoms with van der Waals surface area (Å²) >= 11 is 1.64. The average molecular weight is 236 g/mol. The Morgan fingerprint density at radius 3 is 3.00 bits per heavy atom. The van der Waals surface area contributed by atoms with E-state index in [2.05, 4.69) is 10.1 Å². The van der Waals surface area contributed by atoms with E-state index >= 15 is 0 Å². The molecule has 0 aliphatic carbocycles. The zero-order valence-corrected chi connectivity index (χ0v) is 9.95. The maximum atomic E-state index is 5.15. The third-order valence-corrected chi connectivity index (χ3v) is 2.95. The van der Waals surface area contributed by atoms with Gasteiger partial charge in [-0.05, 0) is 25.1 Å². The molecule has 16 heavy (non-hydrogen) atoms. The molecule has 1 aromatic heterocycles. The predicted molar refractivity (Wildman–Crippen MR) is 61.6 cm³/mol. The van der Waals surface area contributed by atoms with Crippen LogP contribution in [0.2, 0.25) is 0 Å². The van der Waals surface area contributed by atoms with Gasteiger partial charge in [-0.2, -0.15) is 4.98 Å². The van der Waals surface area contributed by atoms with E-state index in [4.69, 9.17) is 9.26 Å². The van der Waals surface area contributed by atoms with E-state index in [0.29, 0.717) is 17.5 Å². The Kier molecular flexibility index (Phi) is 3.46. The van der Waals surface area contributed by atoms with E-state index in [-0.39, 0.29) is 0 Å². The Morgan fingerprint density at radius 1 is 1.44 bits per heavy atom. The summed E-state index contributed by atoms with van der Waals surface area (Å²) in [4.78, 5) is 5.26. The Hall–Kier alpha value is -1.49. The number of rotatable bonds is 4. The third kappa shape index (κ3) is 2.76. The van der Waals surface area contributed by atoms with Crippen molar-refractivity contribution < 1.29 is 9.26 Å². The molecule has 0 radical (unpaired) electrons. The van der Waals surface area contributed by atoms with E-state index in [1.54, 1.807) is 18.9 Å². The highest BCUT2D eigenvalue weighted by atomic mass is 32.2. The minimum atomic E-state index is 0.644. The number of aryl methyl sites for hydroxylation is 1. The normalized spacial score (nSPS) is 10.4. The molecule has 0 aliphatic heterocycles. The molecule has 0 amide bonds. The zero-order chi connectivity index (χ0) is 11.4. The molecule has 2 aromatic rings. The van der Waals surface area contributed by atoms with Crippen molar-refractivity contribution in [1.29, 1.82) is 0 Å². The van der Waals surface area contributed by atoms with Gasteiger partial charge in [0.25, 0.3) is 0 Å². The van der Waals surface area contributed by atoms with Crippen LogP contribution < -0.4 is 4.74 Å². The lowest BCUT2D eigenvalue weighted by Crippen LogP contribution is -1.84. The highest BCUT2D eigenvalue weighted by molar-refractivity contribution is 7.98. The highest BCUT2D eigenvalue weighted by Crippen LogP contribution is 2.25. The number of aromatic nitrogens is 2. The molecule has 0 atom stereocenters. The van der Waals surface area contributed by atoms with Crippen LogP contribution in [0.5, 0.6) is 5.75 Å². The molecule has 2 rings (SSSR count). The fourth-order valence-electron chi connectivity index (χ4n) is 1.23. The highest BCUT2D eigenvalue weighted by Gasteiger charge is 2.04. The molecular formula is C11H12N2O2S. The van der Waals surface area contributed by atoms with E-state index in [1.165, 1.54) is 0 Å². The van der Waals surface area contributed by atoms with Gasteiger partial charge in [-0.25, -0.2) is 0 Å². The second-order valence-corrected chi connectivity index (χ2v) is 4.25. The summed E-state index contributed by atoms with van der Waals surface area (Å²) in [5.41, 5.74) is 0. The van der Waals surface area contributed by atoms with Crippen LogP contribution in [0, 0.1) is 6.92 Å². The quantitative estimate of drug-likeness (QED) is 0.764. The number of nitrogens with zero attached hydrogens (tertiary/aromatic N) is 2. The first-order valence-corrected chi connectivity index (χ1v) is 5.82. The lowest BCUT2D eigenvalue weighted by molar-refractivity contribution is 0.387. The van der Waals surface area contributed by atoms with Gasteiger partial charge >= 0.3 is 0 Å². The van der Waals surface area contributed by atoms with Crippen LogP contribution in [0.4, 0.5) is 0 Å². The van der Waals surface area contributed by atoms with E-state index in [1.807, 2.05) is 31.2 Å². The second-order valence-electron chi connectivity index (χ2n) is 3.20. The van der Waals surface area contributed by atoms with Crippen molar-refractivity contribution in [3.8, 4) is 5.75 Å². The third-order valence-electron chi connectivity index (χ3n) is 1.97. The molecule has 0 spiro atoms. The van der Waals surface area contributed by atoms with Gasteiger partial charge < -0.3 is 9.26 Å². The molecule has 0 bridgehead atoms. The van der Waals surface area contributed by atoms with Crippen LogP contribution in [-0.2, 0) is 5.75 Å². The van der Waals surface area contributed by atoms with Gasteiger partial charge in [0.1, 0.15) is 5.75 Å². The van der Waals surface area contributed by atoms with Gasteiger partial charge in [0.05, 0.1) is 12.9 Å². The van der Waals surface area contributed by atoms with Gasteiger partial charge in [0.2, 0.25) is 5.89 Å². The van der Waals surface area contributed by atoms with Crippen LogP contribution in [0.15, 0.2) is 33.7 Å². The molecule has 0 N–H and O–H groups in total. The standard InChI is InChI=1S/C11H12N2O2S/c1-8-12-11(15-13-8)7-16-10-5-3-4-9(6-10)14-2/h3-6H,7H2,1-2H3. The first-order chi connectivity index (χ1) is 7.78. The summed E-state index contributed by atoms with van der Waals surface area (Å²) in [5, 5.41) is 3.74. The topological polar surface area (TPSA) is 48.2 Å². The summed E-state index contributed by atoms with van der Waals surface area (Å²) in [6, 6.07) is 7.88. The minimum absolute atomic E-state index is 0.644. The van der Waals surface area contributed by atoms with Gasteiger partial charge in [0, 0.05) is 4.90 Å². The van der Waals surface area contributed by atoms with E-state index in [9.17, 15) is 0 Å². The lowest BCUT2D eigenvalue weighted by atomic mass is 10.3. The molecule has 84 valence electrons. The maximum absolute atomic E-state index is 5.15. The summed E-state index contributed by atoms with van der Waals surface area (Å²) in [5.74, 6) is 2.84. The second kappa shape index (κ2) is 5.03. The summed E-state index contributed by atoms with van der Waals surface area (Å²) in [6.45, 7) is 1.81. The van der Waals surface area contributed by atoms with Crippen molar-refractivity contribution in [2.24, 2.45) is 0 Å².